The molecule has 0 saturated heterocycles. The number of nitrogens with one attached hydrogen (secondary N) is 1. The van der Waals surface area contributed by atoms with Gasteiger partial charge < -0.3 is 11.1 Å². The van der Waals surface area contributed by atoms with Crippen molar-refractivity contribution in [3.8, 4) is 11.1 Å². The van der Waals surface area contributed by atoms with E-state index in [0.29, 0.717) is 5.69 Å². The minimum absolute atomic E-state index is 0.120. The lowest BCUT2D eigenvalue weighted by atomic mass is 9.88. The number of allylic oxidation sites excluding steroid dienone is 2. The van der Waals surface area contributed by atoms with Crippen LogP contribution in [0.3, 0.4) is 0 Å². The monoisotopic (exact) mass is 343 g/mol. The van der Waals surface area contributed by atoms with E-state index in [1.807, 2.05) is 24.4 Å². The molecule has 5 heteroatoms. The van der Waals surface area contributed by atoms with Crippen LogP contribution in [0, 0.1) is 0 Å². The first-order valence-corrected chi connectivity index (χ1v) is 8.77. The molecule has 1 aliphatic rings. The van der Waals surface area contributed by atoms with Crippen molar-refractivity contribution in [1.29, 1.82) is 0 Å². The summed E-state index contributed by atoms with van der Waals surface area (Å²) in [5.41, 5.74) is 9.34. The molecular formula is C21H21N5. The van der Waals surface area contributed by atoms with Gasteiger partial charge in [0.1, 0.15) is 12.1 Å². The summed E-state index contributed by atoms with van der Waals surface area (Å²) >= 11 is 0. The summed E-state index contributed by atoms with van der Waals surface area (Å²) < 4.78 is 0. The standard InChI is InChI=1S/C21H21N5/c1-2-21(8-4-3-5-9-21)26-20-18-11-15(6-7-19(18)24-14-25-20)16-10-17(22)13-23-12-16/h3-8,10-14H,2,9,22H2,1H3,(H,24,25,26). The van der Waals surface area contributed by atoms with Gasteiger partial charge in [-0.3, -0.25) is 4.98 Å². The molecule has 0 amide bonds. The molecule has 0 aliphatic heterocycles. The largest absolute Gasteiger partial charge is 0.397 e. The minimum atomic E-state index is -0.120. The lowest BCUT2D eigenvalue weighted by Gasteiger charge is -2.32. The van der Waals surface area contributed by atoms with E-state index in [9.17, 15) is 0 Å². The highest BCUT2D eigenvalue weighted by Crippen LogP contribution is 2.31. The maximum atomic E-state index is 5.88. The summed E-state index contributed by atoms with van der Waals surface area (Å²) in [6, 6.07) is 8.07. The van der Waals surface area contributed by atoms with Crippen molar-refractivity contribution in [1.82, 2.24) is 15.0 Å². The Kier molecular flexibility index (Phi) is 4.13. The summed E-state index contributed by atoms with van der Waals surface area (Å²) in [5, 5.41) is 4.64. The lowest BCUT2D eigenvalue weighted by molar-refractivity contribution is 0.555. The van der Waals surface area contributed by atoms with E-state index >= 15 is 0 Å². The molecule has 1 aliphatic carbocycles. The zero-order valence-corrected chi connectivity index (χ0v) is 14.7. The quantitative estimate of drug-likeness (QED) is 0.736. The maximum absolute atomic E-state index is 5.88. The number of rotatable bonds is 4. The Balaban J connectivity index is 1.79. The molecule has 1 atom stereocenters. The first-order chi connectivity index (χ1) is 12.7. The van der Waals surface area contributed by atoms with E-state index in [2.05, 4.69) is 57.6 Å². The maximum Gasteiger partial charge on any atom is 0.137 e. The second-order valence-electron chi connectivity index (χ2n) is 6.59. The Morgan fingerprint density at radius 2 is 2.04 bits per heavy atom. The molecule has 26 heavy (non-hydrogen) atoms. The van der Waals surface area contributed by atoms with Crippen LogP contribution in [0.5, 0.6) is 0 Å². The van der Waals surface area contributed by atoms with Gasteiger partial charge in [0.15, 0.2) is 0 Å². The fourth-order valence-electron chi connectivity index (χ4n) is 3.30. The zero-order chi connectivity index (χ0) is 18.0. The van der Waals surface area contributed by atoms with Gasteiger partial charge in [-0.15, -0.1) is 0 Å². The fraction of sp³-hybridized carbons (Fsp3) is 0.190. The summed E-state index contributed by atoms with van der Waals surface area (Å²) in [6.45, 7) is 2.18. The number of benzene rings is 1. The summed E-state index contributed by atoms with van der Waals surface area (Å²) in [7, 11) is 0. The number of nitrogens with zero attached hydrogens (tertiary/aromatic N) is 3. The van der Waals surface area contributed by atoms with Crippen molar-refractivity contribution in [3.05, 3.63) is 67.3 Å². The number of anilines is 2. The van der Waals surface area contributed by atoms with Crippen LogP contribution in [0.4, 0.5) is 11.5 Å². The number of hydrogen-bond acceptors (Lipinski definition) is 5. The molecule has 0 fully saturated rings. The number of fused-ring (bicyclic) bond motifs is 1. The van der Waals surface area contributed by atoms with Crippen LogP contribution in [-0.2, 0) is 0 Å². The molecule has 5 nitrogen and oxygen atoms in total. The second kappa shape index (κ2) is 6.59. The molecule has 0 radical (unpaired) electrons. The van der Waals surface area contributed by atoms with Crippen molar-refractivity contribution in [2.24, 2.45) is 0 Å². The van der Waals surface area contributed by atoms with Crippen LogP contribution in [0.2, 0.25) is 0 Å². The highest BCUT2D eigenvalue weighted by atomic mass is 15.1. The molecule has 2 heterocycles. The van der Waals surface area contributed by atoms with Crippen molar-refractivity contribution < 1.29 is 0 Å². The predicted molar refractivity (Wildman–Crippen MR) is 107 cm³/mol. The normalized spacial score (nSPS) is 19.0. The molecule has 0 saturated carbocycles. The highest BCUT2D eigenvalue weighted by Gasteiger charge is 2.26. The summed E-state index contributed by atoms with van der Waals surface area (Å²) in [4.78, 5) is 13.1. The smallest absolute Gasteiger partial charge is 0.137 e. The molecular weight excluding hydrogens is 322 g/mol. The van der Waals surface area contributed by atoms with Crippen molar-refractivity contribution >= 4 is 22.4 Å². The Bertz CT molecular complexity index is 1010. The van der Waals surface area contributed by atoms with E-state index in [0.717, 1.165) is 40.7 Å². The van der Waals surface area contributed by atoms with Crippen LogP contribution in [-0.4, -0.2) is 20.5 Å². The second-order valence-corrected chi connectivity index (χ2v) is 6.59. The highest BCUT2D eigenvalue weighted by molar-refractivity contribution is 5.92. The summed E-state index contributed by atoms with van der Waals surface area (Å²) in [6.07, 6.45) is 15.5. The first kappa shape index (κ1) is 16.3. The van der Waals surface area contributed by atoms with Crippen LogP contribution in [0.15, 0.2) is 67.3 Å². The third kappa shape index (κ3) is 3.04. The predicted octanol–water partition coefficient (Wildman–Crippen LogP) is 4.35. The zero-order valence-electron chi connectivity index (χ0n) is 14.7. The summed E-state index contributed by atoms with van der Waals surface area (Å²) in [5.74, 6) is 0.843. The molecule has 0 bridgehead atoms. The third-order valence-corrected chi connectivity index (χ3v) is 4.87. The van der Waals surface area contributed by atoms with Gasteiger partial charge in [0.05, 0.1) is 16.7 Å². The van der Waals surface area contributed by atoms with Crippen molar-refractivity contribution in [2.45, 2.75) is 25.3 Å². The number of nitrogens with two attached hydrogens (primary N) is 1. The van der Waals surface area contributed by atoms with Crippen molar-refractivity contribution in [2.75, 3.05) is 11.1 Å². The van der Waals surface area contributed by atoms with E-state index < -0.39 is 0 Å². The molecule has 3 aromatic rings. The first-order valence-electron chi connectivity index (χ1n) is 8.77. The van der Waals surface area contributed by atoms with Gasteiger partial charge in [0, 0.05) is 23.3 Å². The number of aromatic nitrogens is 3. The van der Waals surface area contributed by atoms with Crippen LogP contribution < -0.4 is 11.1 Å². The topological polar surface area (TPSA) is 76.7 Å². The number of nitrogen functional groups attached to an aromatic ring is 1. The van der Waals surface area contributed by atoms with E-state index in [4.69, 9.17) is 5.73 Å². The van der Waals surface area contributed by atoms with Crippen LogP contribution in [0.25, 0.3) is 22.0 Å². The van der Waals surface area contributed by atoms with E-state index in [-0.39, 0.29) is 5.54 Å². The molecule has 1 aromatic carbocycles. The van der Waals surface area contributed by atoms with Crippen LogP contribution in [0.1, 0.15) is 19.8 Å². The molecule has 1 unspecified atom stereocenters. The lowest BCUT2D eigenvalue weighted by Crippen LogP contribution is -2.36. The SMILES string of the molecule is CCC1(Nc2ncnc3ccc(-c4cncc(N)c4)cc23)C=CC=CC1. The fourth-order valence-corrected chi connectivity index (χ4v) is 3.30. The van der Waals surface area contributed by atoms with Gasteiger partial charge in [-0.2, -0.15) is 0 Å². The Morgan fingerprint density at radius 1 is 1.12 bits per heavy atom. The van der Waals surface area contributed by atoms with Gasteiger partial charge in [0.25, 0.3) is 0 Å². The van der Waals surface area contributed by atoms with Crippen molar-refractivity contribution in [3.63, 3.8) is 0 Å². The number of hydrogen-bond donors (Lipinski definition) is 2. The molecule has 2 aromatic heterocycles. The Labute approximate surface area is 152 Å². The molecule has 0 spiro atoms. The van der Waals surface area contributed by atoms with E-state index in [1.54, 1.807) is 12.5 Å². The van der Waals surface area contributed by atoms with Gasteiger partial charge >= 0.3 is 0 Å². The Morgan fingerprint density at radius 3 is 2.81 bits per heavy atom. The van der Waals surface area contributed by atoms with Gasteiger partial charge in [-0.1, -0.05) is 37.3 Å². The molecule has 3 N–H and O–H groups in total. The average Bonchev–Trinajstić information content (AvgIpc) is 2.69. The van der Waals surface area contributed by atoms with E-state index in [1.165, 1.54) is 0 Å². The molecule has 4 rings (SSSR count). The van der Waals surface area contributed by atoms with Gasteiger partial charge in [-0.05, 0) is 36.6 Å². The number of pyridine rings is 1. The minimum Gasteiger partial charge on any atom is -0.397 e. The van der Waals surface area contributed by atoms with Gasteiger partial charge in [-0.25, -0.2) is 9.97 Å². The van der Waals surface area contributed by atoms with Crippen LogP contribution >= 0.6 is 0 Å². The average molecular weight is 343 g/mol. The van der Waals surface area contributed by atoms with Gasteiger partial charge in [0.2, 0.25) is 0 Å². The third-order valence-electron chi connectivity index (χ3n) is 4.87. The Hall–Kier alpha value is -3.21. The molecule has 130 valence electrons.